The number of aryl methyl sites for hydroxylation is 3. The van der Waals surface area contributed by atoms with Crippen molar-refractivity contribution in [2.45, 2.75) is 73.8 Å². The lowest BCUT2D eigenvalue weighted by Gasteiger charge is -2.19. The minimum Gasteiger partial charge on any atom is -0.490 e. The van der Waals surface area contributed by atoms with Gasteiger partial charge in [-0.05, 0) is 92.1 Å². The molecule has 0 bridgehead atoms. The lowest BCUT2D eigenvalue weighted by atomic mass is 9.89. The average molecular weight is 751 g/mol. The van der Waals surface area contributed by atoms with Crippen LogP contribution in [0.5, 0.6) is 5.75 Å². The Balaban J connectivity index is 1.54. The maximum Gasteiger partial charge on any atom is 0.332 e. The maximum atomic E-state index is 14.7. The van der Waals surface area contributed by atoms with Gasteiger partial charge in [-0.25, -0.2) is 9.59 Å². The number of hydrogen-bond acceptors (Lipinski definition) is 7. The third kappa shape index (κ3) is 8.45. The number of ether oxygens (including phenoxy) is 2. The molecule has 0 aliphatic rings. The van der Waals surface area contributed by atoms with Crippen molar-refractivity contribution in [3.8, 4) is 5.75 Å². The van der Waals surface area contributed by atoms with Crippen LogP contribution in [0.3, 0.4) is 0 Å². The number of hydrogen-bond donors (Lipinski definition) is 0. The zero-order valence-electron chi connectivity index (χ0n) is 33.2. The van der Waals surface area contributed by atoms with Gasteiger partial charge in [0.1, 0.15) is 24.7 Å². The van der Waals surface area contributed by atoms with Gasteiger partial charge in [0.2, 0.25) is 0 Å². The zero-order valence-corrected chi connectivity index (χ0v) is 33.2. The van der Waals surface area contributed by atoms with Gasteiger partial charge >= 0.3 is 11.9 Å². The molecule has 0 aliphatic carbocycles. The number of fused-ring (bicyclic) bond motifs is 5. The third-order valence-corrected chi connectivity index (χ3v) is 10.4. The summed E-state index contributed by atoms with van der Waals surface area (Å²) in [6.07, 6.45) is 5.60. The van der Waals surface area contributed by atoms with Gasteiger partial charge in [-0.1, -0.05) is 92.9 Å². The molecule has 1 heterocycles. The molecule has 288 valence electrons. The van der Waals surface area contributed by atoms with E-state index >= 15 is 0 Å². The summed E-state index contributed by atoms with van der Waals surface area (Å²) in [5.74, 6) is 0.00295. The van der Waals surface area contributed by atoms with E-state index in [1.54, 1.807) is 12.1 Å². The molecule has 0 amide bonds. The van der Waals surface area contributed by atoms with E-state index in [0.29, 0.717) is 28.5 Å². The van der Waals surface area contributed by atoms with Crippen molar-refractivity contribution in [3.05, 3.63) is 137 Å². The van der Waals surface area contributed by atoms with Gasteiger partial charge in [-0.2, -0.15) is 0 Å². The topological polar surface area (TPSA) is 96.2 Å². The van der Waals surface area contributed by atoms with Crippen molar-refractivity contribution in [3.63, 3.8) is 0 Å². The molecular weight excluding hydrogens is 701 g/mol. The van der Waals surface area contributed by atoms with E-state index in [0.717, 1.165) is 98.7 Å². The maximum absolute atomic E-state index is 14.7. The number of oxime groups is 1. The van der Waals surface area contributed by atoms with Crippen molar-refractivity contribution in [1.29, 1.82) is 0 Å². The fourth-order valence-corrected chi connectivity index (χ4v) is 7.79. The number of benzene rings is 5. The smallest absolute Gasteiger partial charge is 0.332 e. The molecule has 56 heavy (non-hydrogen) atoms. The van der Waals surface area contributed by atoms with E-state index in [1.807, 2.05) is 44.2 Å². The van der Waals surface area contributed by atoms with Gasteiger partial charge in [0, 0.05) is 63.5 Å². The Labute approximate surface area is 328 Å². The number of rotatable bonds is 16. The lowest BCUT2D eigenvalue weighted by molar-refractivity contribution is -0.141. The quantitative estimate of drug-likeness (QED) is 0.0186. The van der Waals surface area contributed by atoms with Crippen molar-refractivity contribution < 1.29 is 28.7 Å². The summed E-state index contributed by atoms with van der Waals surface area (Å²) in [7, 11) is 0. The first-order chi connectivity index (χ1) is 27.0. The van der Waals surface area contributed by atoms with E-state index < -0.39 is 11.9 Å². The molecule has 0 saturated carbocycles. The summed E-state index contributed by atoms with van der Waals surface area (Å²) in [6.45, 7) is 16.4. The van der Waals surface area contributed by atoms with Crippen LogP contribution in [0.2, 0.25) is 0 Å². The molecular formula is C48H50N2O6. The summed E-state index contributed by atoms with van der Waals surface area (Å²) in [5, 5.41) is 8.25. The van der Waals surface area contributed by atoms with Crippen LogP contribution in [0.4, 0.5) is 0 Å². The fourth-order valence-electron chi connectivity index (χ4n) is 7.79. The molecule has 0 aliphatic heterocycles. The predicted octanol–water partition coefficient (Wildman–Crippen LogP) is 10.7. The summed E-state index contributed by atoms with van der Waals surface area (Å²) in [6, 6.07) is 28.0. The van der Waals surface area contributed by atoms with Crippen LogP contribution in [0.1, 0.15) is 90.2 Å². The van der Waals surface area contributed by atoms with E-state index in [9.17, 15) is 14.4 Å². The number of aromatic nitrogens is 1. The van der Waals surface area contributed by atoms with E-state index in [-0.39, 0.29) is 19.0 Å². The predicted molar refractivity (Wildman–Crippen MR) is 225 cm³/mol. The SMILES string of the molecule is C=CC(=O)OCCOc1ccc(C(=NOC(C)=O)c2ccc3c(c2)c2cc(C(=O)c4c(C)cc(C)cc4C)c4ccccc4c2n3CC(CC)CCCC)cc1. The average Bonchev–Trinajstić information content (AvgIpc) is 3.49. The minimum absolute atomic E-state index is 0.00261. The highest BCUT2D eigenvalue weighted by Gasteiger charge is 2.24. The van der Waals surface area contributed by atoms with Crippen molar-refractivity contribution in [2.75, 3.05) is 13.2 Å². The molecule has 0 fully saturated rings. The highest BCUT2D eigenvalue weighted by Crippen LogP contribution is 2.39. The molecule has 0 N–H and O–H groups in total. The van der Waals surface area contributed by atoms with Gasteiger partial charge in [0.15, 0.2) is 5.78 Å². The van der Waals surface area contributed by atoms with Crippen LogP contribution >= 0.6 is 0 Å². The van der Waals surface area contributed by atoms with Crippen LogP contribution < -0.4 is 4.74 Å². The van der Waals surface area contributed by atoms with Gasteiger partial charge < -0.3 is 18.9 Å². The first-order valence-corrected chi connectivity index (χ1v) is 19.4. The van der Waals surface area contributed by atoms with Gasteiger partial charge in [-0.15, -0.1) is 0 Å². The van der Waals surface area contributed by atoms with Crippen LogP contribution in [0.25, 0.3) is 32.6 Å². The van der Waals surface area contributed by atoms with Gasteiger partial charge in [-0.3, -0.25) is 4.79 Å². The Morgan fingerprint density at radius 1 is 0.821 bits per heavy atom. The Morgan fingerprint density at radius 3 is 2.18 bits per heavy atom. The van der Waals surface area contributed by atoms with Crippen LogP contribution in [-0.2, 0) is 25.7 Å². The third-order valence-electron chi connectivity index (χ3n) is 10.4. The molecule has 1 unspecified atom stereocenters. The fraction of sp³-hybridized carbons (Fsp3) is 0.292. The minimum atomic E-state index is -0.539. The summed E-state index contributed by atoms with van der Waals surface area (Å²) >= 11 is 0. The Hall–Kier alpha value is -6.02. The molecule has 0 spiro atoms. The molecule has 6 aromatic rings. The molecule has 8 nitrogen and oxygen atoms in total. The number of esters is 1. The summed E-state index contributed by atoms with van der Waals surface area (Å²) < 4.78 is 13.2. The molecule has 8 heteroatoms. The second-order valence-corrected chi connectivity index (χ2v) is 14.5. The molecule has 0 radical (unpaired) electrons. The van der Waals surface area contributed by atoms with Crippen LogP contribution in [0, 0.1) is 26.7 Å². The largest absolute Gasteiger partial charge is 0.490 e. The Bertz CT molecular complexity index is 2450. The van der Waals surface area contributed by atoms with E-state index in [2.05, 4.69) is 79.5 Å². The zero-order chi connectivity index (χ0) is 39.9. The van der Waals surface area contributed by atoms with Crippen LogP contribution in [-0.4, -0.2) is 41.2 Å². The molecule has 0 saturated heterocycles. The van der Waals surface area contributed by atoms with Crippen molar-refractivity contribution in [1.82, 2.24) is 4.57 Å². The monoisotopic (exact) mass is 750 g/mol. The molecule has 1 aromatic heterocycles. The number of ketones is 1. The van der Waals surface area contributed by atoms with Crippen LogP contribution in [0.15, 0.2) is 103 Å². The first-order valence-electron chi connectivity index (χ1n) is 19.4. The number of carbonyl (C=O) groups is 3. The van der Waals surface area contributed by atoms with Crippen molar-refractivity contribution in [2.24, 2.45) is 11.1 Å². The normalized spacial score (nSPS) is 12.2. The highest BCUT2D eigenvalue weighted by molar-refractivity contribution is 6.27. The van der Waals surface area contributed by atoms with Gasteiger partial charge in [0.05, 0.1) is 5.52 Å². The molecule has 5 aromatic carbocycles. The number of nitrogens with zero attached hydrogens (tertiary/aromatic N) is 2. The number of unbranched alkanes of at least 4 members (excludes halogenated alkanes) is 1. The standard InChI is InChI=1S/C48H50N2O6/c1-8-11-14-34(9-2)29-50-43-22-19-36(46(49-56-33(7)51)35-17-20-37(21-18-35)54-23-24-55-44(52)10-3)27-40(43)41-28-42(38-15-12-13-16-39(38)47(41)50)48(53)45-31(5)25-30(4)26-32(45)6/h10,12-13,15-22,25-28,34H,3,8-9,11,14,23-24,29H2,1-2,4-7H3. The Morgan fingerprint density at radius 2 is 1.52 bits per heavy atom. The second-order valence-electron chi connectivity index (χ2n) is 14.5. The molecule has 6 rings (SSSR count). The lowest BCUT2D eigenvalue weighted by Crippen LogP contribution is -2.11. The first kappa shape index (κ1) is 39.7. The summed E-state index contributed by atoms with van der Waals surface area (Å²) in [4.78, 5) is 43.4. The van der Waals surface area contributed by atoms with E-state index in [4.69, 9.17) is 14.3 Å². The second kappa shape index (κ2) is 17.6. The number of carbonyl (C=O) groups excluding carboxylic acids is 3. The van der Waals surface area contributed by atoms with Crippen molar-refractivity contribution >= 4 is 56.0 Å². The van der Waals surface area contributed by atoms with E-state index in [1.165, 1.54) is 6.92 Å². The molecule has 1 atom stereocenters. The highest BCUT2D eigenvalue weighted by atomic mass is 16.7. The van der Waals surface area contributed by atoms with Gasteiger partial charge in [0.25, 0.3) is 0 Å². The Kier molecular flexibility index (Phi) is 12.5. The summed E-state index contributed by atoms with van der Waals surface area (Å²) in [5.41, 5.74) is 8.51.